The first-order valence-electron chi connectivity index (χ1n) is 1.23. The van der Waals surface area contributed by atoms with Crippen molar-refractivity contribution in [3.8, 4) is 0 Å². The van der Waals surface area contributed by atoms with Crippen molar-refractivity contribution in [3.63, 3.8) is 0 Å². The second-order valence-corrected chi connectivity index (χ2v) is 5.09. The normalized spacial score (nSPS) is 7.56. The van der Waals surface area contributed by atoms with Crippen molar-refractivity contribution in [1.29, 1.82) is 0 Å². The Kier molecular flexibility index (Phi) is 22.9. The molecule has 9 heavy (non-hydrogen) atoms. The van der Waals surface area contributed by atoms with Gasteiger partial charge >= 0.3 is 105 Å². The van der Waals surface area contributed by atoms with Crippen LogP contribution in [0.5, 0.6) is 0 Å². The second kappa shape index (κ2) is 11.3. The predicted octanol–water partition coefficient (Wildman–Crippen LogP) is -0.303. The SMILES string of the molecule is O=S(=O)(O)O.[Cl][Ca][Cl].[KH]. The maximum absolute atomic E-state index is 8.74. The zero-order valence-electron chi connectivity index (χ0n) is 3.58. The molecule has 0 aromatic heterocycles. The van der Waals surface area contributed by atoms with Crippen LogP contribution in [0.25, 0.3) is 0 Å². The average molecular weight is 249 g/mol. The topological polar surface area (TPSA) is 74.6 Å². The molecule has 0 atom stereocenters. The van der Waals surface area contributed by atoms with Crippen molar-refractivity contribution in [2.75, 3.05) is 0 Å². The Morgan fingerprint density at radius 1 is 1.22 bits per heavy atom. The van der Waals surface area contributed by atoms with Gasteiger partial charge in [0.1, 0.15) is 0 Å². The molecule has 50 valence electrons. The molecule has 0 aliphatic rings. The van der Waals surface area contributed by atoms with Gasteiger partial charge in [0, 0.05) is 0 Å². The molecule has 0 saturated carbocycles. The van der Waals surface area contributed by atoms with Crippen LogP contribution >= 0.6 is 12.8 Å². The van der Waals surface area contributed by atoms with Crippen LogP contribution in [-0.2, 0) is 10.4 Å². The van der Waals surface area contributed by atoms with Crippen LogP contribution in [0.3, 0.4) is 0 Å². The van der Waals surface area contributed by atoms with Crippen LogP contribution in [0, 0.1) is 0 Å². The summed E-state index contributed by atoms with van der Waals surface area (Å²) < 4.78 is 31.6. The molecule has 2 N–H and O–H groups in total. The molecule has 0 radical (unpaired) electrons. The predicted molar refractivity (Wildman–Crippen MR) is 38.8 cm³/mol. The van der Waals surface area contributed by atoms with Crippen LogP contribution in [0.2, 0.25) is 0 Å². The summed E-state index contributed by atoms with van der Waals surface area (Å²) in [6.45, 7) is 0. The van der Waals surface area contributed by atoms with E-state index >= 15 is 0 Å². The molecule has 0 bridgehead atoms. The average Bonchev–Trinajstić information content (AvgIpc) is 1.27. The number of hydrogen-bond donors (Lipinski definition) is 2. The van der Waals surface area contributed by atoms with Gasteiger partial charge in [-0.3, -0.25) is 9.11 Å². The first-order valence-corrected chi connectivity index (χ1v) is 8.71. The van der Waals surface area contributed by atoms with Crippen LogP contribution in [0.4, 0.5) is 0 Å². The fourth-order valence-corrected chi connectivity index (χ4v) is 0. The van der Waals surface area contributed by atoms with Gasteiger partial charge in [-0.05, 0) is 0 Å². The first-order chi connectivity index (χ1) is 3.41. The van der Waals surface area contributed by atoms with Gasteiger partial charge in [-0.2, -0.15) is 8.42 Å². The number of rotatable bonds is 0. The van der Waals surface area contributed by atoms with E-state index in [1.54, 1.807) is 0 Å². The van der Waals surface area contributed by atoms with Crippen LogP contribution in [-0.4, -0.2) is 99.7 Å². The van der Waals surface area contributed by atoms with Crippen molar-refractivity contribution in [1.82, 2.24) is 0 Å². The summed E-state index contributed by atoms with van der Waals surface area (Å²) in [5, 5.41) is 0. The molecule has 9 heteroatoms. The molecule has 0 aliphatic heterocycles. The van der Waals surface area contributed by atoms with Crippen molar-refractivity contribution >= 4 is 105 Å². The van der Waals surface area contributed by atoms with E-state index in [9.17, 15) is 0 Å². The summed E-state index contributed by atoms with van der Waals surface area (Å²) in [6.07, 6.45) is 9.90. The minimum absolute atomic E-state index is 0. The van der Waals surface area contributed by atoms with Crippen molar-refractivity contribution in [2.24, 2.45) is 0 Å². The van der Waals surface area contributed by atoms with E-state index in [4.69, 9.17) is 30.3 Å². The summed E-state index contributed by atoms with van der Waals surface area (Å²) in [4.78, 5) is 0. The van der Waals surface area contributed by atoms with E-state index in [0.717, 1.165) is 0 Å². The molecule has 0 heterocycles. The number of hydrogen-bond acceptors (Lipinski definition) is 2. The molecule has 0 aromatic rings. The van der Waals surface area contributed by atoms with Gasteiger partial charge in [-0.1, -0.05) is 0 Å². The molecular formula is H3CaCl2KO4S. The van der Waals surface area contributed by atoms with Crippen molar-refractivity contribution in [3.05, 3.63) is 0 Å². The van der Waals surface area contributed by atoms with Crippen molar-refractivity contribution < 1.29 is 17.5 Å². The van der Waals surface area contributed by atoms with E-state index in [2.05, 4.69) is 0 Å². The molecule has 0 fully saturated rings. The summed E-state index contributed by atoms with van der Waals surface area (Å²) in [6, 6.07) is 0. The Balaban J connectivity index is -0.0000000800. The quantitative estimate of drug-likeness (QED) is 0.456. The minimum atomic E-state index is -4.67. The van der Waals surface area contributed by atoms with Crippen LogP contribution in [0.1, 0.15) is 0 Å². The molecule has 0 aliphatic carbocycles. The van der Waals surface area contributed by atoms with Gasteiger partial charge in [-0.25, -0.2) is 0 Å². The molecule has 0 saturated heterocycles. The Labute approximate surface area is 119 Å². The fraction of sp³-hybridized carbons (Fsp3) is 0. The number of halogens is 2. The van der Waals surface area contributed by atoms with Gasteiger partial charge in [0.05, 0.1) is 0 Å². The van der Waals surface area contributed by atoms with Crippen LogP contribution < -0.4 is 0 Å². The fourth-order valence-electron chi connectivity index (χ4n) is 0. The van der Waals surface area contributed by atoms with E-state index in [1.807, 2.05) is 0 Å². The van der Waals surface area contributed by atoms with E-state index in [1.165, 1.54) is 0 Å². The monoisotopic (exact) mass is 248 g/mol. The third kappa shape index (κ3) is 88.5. The van der Waals surface area contributed by atoms with E-state index < -0.39 is 41.2 Å². The van der Waals surface area contributed by atoms with Gasteiger partial charge in [0.15, 0.2) is 0 Å². The van der Waals surface area contributed by atoms with Gasteiger partial charge in [-0.15, -0.1) is 0 Å². The third-order valence-electron chi connectivity index (χ3n) is 0. The maximum atomic E-state index is 8.74. The van der Waals surface area contributed by atoms with Gasteiger partial charge < -0.3 is 0 Å². The summed E-state index contributed by atoms with van der Waals surface area (Å²) >= 11 is -0.931. The second-order valence-electron chi connectivity index (χ2n) is 0.549. The van der Waals surface area contributed by atoms with Crippen LogP contribution in [0.15, 0.2) is 0 Å². The van der Waals surface area contributed by atoms with E-state index in [0.29, 0.717) is 0 Å². The van der Waals surface area contributed by atoms with Gasteiger partial charge in [0.25, 0.3) is 0 Å². The molecular weight excluding hydrogens is 246 g/mol. The zero-order chi connectivity index (χ0) is 7.21. The molecule has 4 nitrogen and oxygen atoms in total. The molecule has 0 rings (SSSR count). The summed E-state index contributed by atoms with van der Waals surface area (Å²) in [5.41, 5.74) is 0. The Bertz CT molecular complexity index is 113. The molecule has 0 amide bonds. The Morgan fingerprint density at radius 3 is 1.22 bits per heavy atom. The summed E-state index contributed by atoms with van der Waals surface area (Å²) in [7, 11) is -4.67. The Hall–Kier alpha value is 3.35. The van der Waals surface area contributed by atoms with Crippen molar-refractivity contribution in [2.45, 2.75) is 0 Å². The standard InChI is InChI=1S/Ca.2ClH.K.H2O4S.H/c;;;;1-5(2,3)4;/h;2*1H;;(H2,1,2,3,4);/q+2;;;;;/p-2. The van der Waals surface area contributed by atoms with E-state index in [-0.39, 0.29) is 51.4 Å². The first kappa shape index (κ1) is 18.2. The third-order valence-corrected chi connectivity index (χ3v) is 0. The molecule has 0 unspecified atom stereocenters. The molecule has 0 aromatic carbocycles. The Morgan fingerprint density at radius 2 is 1.22 bits per heavy atom. The summed E-state index contributed by atoms with van der Waals surface area (Å²) in [5.74, 6) is 0. The zero-order valence-corrected chi connectivity index (χ0v) is 8.12. The van der Waals surface area contributed by atoms with Gasteiger partial charge in [0.2, 0.25) is 0 Å². The molecule has 0 spiro atoms.